The van der Waals surface area contributed by atoms with Gasteiger partial charge in [0.2, 0.25) is 0 Å². The first-order valence-electron chi connectivity index (χ1n) is 7.69. The fraction of sp³-hybridized carbons (Fsp3) is 0.353. The Bertz CT molecular complexity index is 734. The molecule has 0 atom stereocenters. The summed E-state index contributed by atoms with van der Waals surface area (Å²) in [5.74, 6) is 0.698. The minimum absolute atomic E-state index is 0.0163. The molecule has 2 heterocycles. The van der Waals surface area contributed by atoms with Crippen molar-refractivity contribution in [2.24, 2.45) is 0 Å². The summed E-state index contributed by atoms with van der Waals surface area (Å²) in [6, 6.07) is 6.31. The summed E-state index contributed by atoms with van der Waals surface area (Å²) in [7, 11) is 0. The monoisotopic (exact) mass is 313 g/mol. The highest BCUT2D eigenvalue weighted by Crippen LogP contribution is 2.44. The average Bonchev–Trinajstić information content (AvgIpc) is 3.07. The molecule has 4 nitrogen and oxygen atoms in total. The van der Waals surface area contributed by atoms with Crippen LogP contribution in [-0.2, 0) is 13.1 Å². The molecule has 0 unspecified atom stereocenters. The van der Waals surface area contributed by atoms with E-state index in [-0.39, 0.29) is 5.91 Å². The largest absolute Gasteiger partial charge is 0.348 e. The highest BCUT2D eigenvalue weighted by Gasteiger charge is 2.29. The van der Waals surface area contributed by atoms with Gasteiger partial charge >= 0.3 is 0 Å². The van der Waals surface area contributed by atoms with Crippen molar-refractivity contribution >= 4 is 22.9 Å². The Morgan fingerprint density at radius 3 is 3.00 bits per heavy atom. The van der Waals surface area contributed by atoms with E-state index in [0.29, 0.717) is 12.5 Å². The number of hydrogen-bond acceptors (Lipinski definition) is 4. The van der Waals surface area contributed by atoms with Crippen molar-refractivity contribution in [3.05, 3.63) is 50.7 Å². The standard InChI is InChI=1S/C17H19N3OS/c1-10-6-12(9-22-10)17(21)18-7-14-13(11-2-3-11)4-5-16-15(14)8-19-20-16/h4-6,9,11,19-20H,2-3,7-8H2,1H3,(H,18,21). The molecule has 1 amide bonds. The van der Waals surface area contributed by atoms with Gasteiger partial charge in [0.25, 0.3) is 5.91 Å². The number of thiophene rings is 1. The van der Waals surface area contributed by atoms with E-state index in [4.69, 9.17) is 0 Å². The zero-order chi connectivity index (χ0) is 15.1. The molecule has 1 saturated carbocycles. The van der Waals surface area contributed by atoms with Crippen LogP contribution < -0.4 is 16.2 Å². The first kappa shape index (κ1) is 13.8. The summed E-state index contributed by atoms with van der Waals surface area (Å²) in [6.07, 6.45) is 2.54. The van der Waals surface area contributed by atoms with Gasteiger partial charge in [-0.2, -0.15) is 0 Å². The molecule has 1 aromatic heterocycles. The first-order chi connectivity index (χ1) is 10.7. The van der Waals surface area contributed by atoms with Crippen molar-refractivity contribution in [1.82, 2.24) is 10.7 Å². The van der Waals surface area contributed by atoms with Crippen LogP contribution >= 0.6 is 11.3 Å². The van der Waals surface area contributed by atoms with E-state index in [1.165, 1.54) is 29.5 Å². The van der Waals surface area contributed by atoms with Gasteiger partial charge in [-0.1, -0.05) is 6.07 Å². The summed E-state index contributed by atoms with van der Waals surface area (Å²) < 4.78 is 0. The third kappa shape index (κ3) is 2.51. The Balaban J connectivity index is 1.57. The van der Waals surface area contributed by atoms with Crippen LogP contribution in [0.15, 0.2) is 23.6 Å². The van der Waals surface area contributed by atoms with Crippen LogP contribution in [0.3, 0.4) is 0 Å². The van der Waals surface area contributed by atoms with Gasteiger partial charge in [-0.05, 0) is 54.5 Å². The zero-order valence-corrected chi connectivity index (χ0v) is 13.3. The van der Waals surface area contributed by atoms with Crippen molar-refractivity contribution in [2.45, 2.75) is 38.8 Å². The van der Waals surface area contributed by atoms with Crippen molar-refractivity contribution in [2.75, 3.05) is 5.43 Å². The Morgan fingerprint density at radius 1 is 1.41 bits per heavy atom. The van der Waals surface area contributed by atoms with Gasteiger partial charge < -0.3 is 10.7 Å². The Morgan fingerprint density at radius 2 is 2.27 bits per heavy atom. The maximum Gasteiger partial charge on any atom is 0.252 e. The third-order valence-electron chi connectivity index (χ3n) is 4.39. The molecule has 0 saturated heterocycles. The van der Waals surface area contributed by atoms with E-state index in [0.717, 1.165) is 22.7 Å². The summed E-state index contributed by atoms with van der Waals surface area (Å²) in [5, 5.41) is 5.02. The topological polar surface area (TPSA) is 53.2 Å². The number of anilines is 1. The van der Waals surface area contributed by atoms with Gasteiger partial charge in [-0.3, -0.25) is 4.79 Å². The Labute approximate surface area is 133 Å². The highest BCUT2D eigenvalue weighted by molar-refractivity contribution is 7.10. The fourth-order valence-corrected chi connectivity index (χ4v) is 3.76. The molecule has 1 aliphatic heterocycles. The smallest absolute Gasteiger partial charge is 0.252 e. The van der Waals surface area contributed by atoms with Crippen molar-refractivity contribution < 1.29 is 4.79 Å². The predicted molar refractivity (Wildman–Crippen MR) is 89.1 cm³/mol. The molecule has 0 radical (unpaired) electrons. The number of fused-ring (bicyclic) bond motifs is 1. The molecule has 22 heavy (non-hydrogen) atoms. The second kappa shape index (κ2) is 5.41. The SMILES string of the molecule is Cc1cc(C(=O)NCc2c(C3CC3)ccc3c2CNN3)cs1. The number of amides is 1. The maximum atomic E-state index is 12.3. The lowest BCUT2D eigenvalue weighted by molar-refractivity contribution is 0.0951. The van der Waals surface area contributed by atoms with Crippen LogP contribution in [0.2, 0.25) is 0 Å². The molecule has 3 N–H and O–H groups in total. The van der Waals surface area contributed by atoms with Crippen LogP contribution in [0.4, 0.5) is 5.69 Å². The number of rotatable bonds is 4. The fourth-order valence-electron chi connectivity index (χ4n) is 3.08. The number of aryl methyl sites for hydroxylation is 1. The van der Waals surface area contributed by atoms with E-state index in [1.807, 2.05) is 18.4 Å². The molecular weight excluding hydrogens is 294 g/mol. The molecular formula is C17H19N3OS. The van der Waals surface area contributed by atoms with Crippen LogP contribution in [0.25, 0.3) is 0 Å². The molecule has 4 rings (SSSR count). The average molecular weight is 313 g/mol. The predicted octanol–water partition coefficient (Wildman–Crippen LogP) is 3.29. The number of hydrazine groups is 1. The summed E-state index contributed by atoms with van der Waals surface area (Å²) >= 11 is 1.61. The quantitative estimate of drug-likeness (QED) is 0.812. The number of benzene rings is 1. The Kier molecular flexibility index (Phi) is 3.39. The van der Waals surface area contributed by atoms with Gasteiger partial charge in [0.05, 0.1) is 11.3 Å². The van der Waals surface area contributed by atoms with Gasteiger partial charge in [-0.15, -0.1) is 11.3 Å². The van der Waals surface area contributed by atoms with Crippen LogP contribution in [0.1, 0.15) is 50.7 Å². The maximum absolute atomic E-state index is 12.3. The van der Waals surface area contributed by atoms with Gasteiger partial charge in [-0.25, -0.2) is 5.43 Å². The van der Waals surface area contributed by atoms with Crippen LogP contribution in [0.5, 0.6) is 0 Å². The second-order valence-electron chi connectivity index (χ2n) is 6.04. The van der Waals surface area contributed by atoms with Crippen molar-refractivity contribution in [3.8, 4) is 0 Å². The van der Waals surface area contributed by atoms with E-state index >= 15 is 0 Å². The van der Waals surface area contributed by atoms with Crippen molar-refractivity contribution in [1.29, 1.82) is 0 Å². The summed E-state index contributed by atoms with van der Waals surface area (Å²) in [6.45, 7) is 3.44. The Hall–Kier alpha value is -1.85. The summed E-state index contributed by atoms with van der Waals surface area (Å²) in [4.78, 5) is 13.5. The molecule has 2 aliphatic rings. The lowest BCUT2D eigenvalue weighted by Gasteiger charge is -2.14. The van der Waals surface area contributed by atoms with Gasteiger partial charge in [0.1, 0.15) is 0 Å². The van der Waals surface area contributed by atoms with E-state index in [9.17, 15) is 4.79 Å². The van der Waals surface area contributed by atoms with Gasteiger partial charge in [0, 0.05) is 23.3 Å². The zero-order valence-electron chi connectivity index (χ0n) is 12.5. The molecule has 1 aliphatic carbocycles. The van der Waals surface area contributed by atoms with Crippen LogP contribution in [-0.4, -0.2) is 5.91 Å². The minimum atomic E-state index is 0.0163. The molecule has 0 bridgehead atoms. The van der Waals surface area contributed by atoms with E-state index in [2.05, 4.69) is 28.3 Å². The second-order valence-corrected chi connectivity index (χ2v) is 7.16. The lowest BCUT2D eigenvalue weighted by atomic mass is 9.96. The van der Waals surface area contributed by atoms with E-state index in [1.54, 1.807) is 11.3 Å². The van der Waals surface area contributed by atoms with Crippen LogP contribution in [0, 0.1) is 6.92 Å². The molecule has 2 aromatic rings. The molecule has 1 aromatic carbocycles. The summed E-state index contributed by atoms with van der Waals surface area (Å²) in [5.41, 5.74) is 12.3. The number of carbonyl (C=O) groups excluding carboxylic acids is 1. The normalized spacial score (nSPS) is 16.2. The van der Waals surface area contributed by atoms with Crippen molar-refractivity contribution in [3.63, 3.8) is 0 Å². The molecule has 5 heteroatoms. The third-order valence-corrected chi connectivity index (χ3v) is 5.25. The number of nitrogens with one attached hydrogen (secondary N) is 3. The molecule has 0 spiro atoms. The highest BCUT2D eigenvalue weighted by atomic mass is 32.1. The minimum Gasteiger partial charge on any atom is -0.348 e. The number of carbonyl (C=O) groups is 1. The number of hydrogen-bond donors (Lipinski definition) is 3. The molecule has 1 fully saturated rings. The lowest BCUT2D eigenvalue weighted by Crippen LogP contribution is -2.23. The first-order valence-corrected chi connectivity index (χ1v) is 8.57. The van der Waals surface area contributed by atoms with E-state index < -0.39 is 0 Å². The molecule has 114 valence electrons. The van der Waals surface area contributed by atoms with Gasteiger partial charge in [0.15, 0.2) is 0 Å².